The number of carbonyl (C=O) groups is 1. The van der Waals surface area contributed by atoms with Crippen LogP contribution in [0, 0.1) is 11.6 Å². The fourth-order valence-electron chi connectivity index (χ4n) is 1.08. The van der Waals surface area contributed by atoms with Gasteiger partial charge in [-0.2, -0.15) is 0 Å². The van der Waals surface area contributed by atoms with Crippen LogP contribution in [0.5, 0.6) is 0 Å². The average molecular weight is 213 g/mol. The van der Waals surface area contributed by atoms with Crippen LogP contribution in [0.4, 0.5) is 8.78 Å². The Hall–Kier alpha value is -1.45. The number of carbonyl (C=O) groups excluding carboxylic acids is 1. The Balaban J connectivity index is 2.82. The second-order valence-corrected chi connectivity index (χ2v) is 3.41. The van der Waals surface area contributed by atoms with Gasteiger partial charge in [0.25, 0.3) is 5.91 Å². The molecule has 1 amide bonds. The molecule has 1 rings (SSSR count). The Morgan fingerprint density at radius 1 is 1.47 bits per heavy atom. The summed E-state index contributed by atoms with van der Waals surface area (Å²) >= 11 is 0. The molecule has 0 saturated heterocycles. The zero-order chi connectivity index (χ0) is 11.4. The second-order valence-electron chi connectivity index (χ2n) is 3.41. The average Bonchev–Trinajstić information content (AvgIpc) is 2.17. The molecule has 15 heavy (non-hydrogen) atoms. The number of hydrogen-bond acceptors (Lipinski definition) is 1. The van der Waals surface area contributed by atoms with E-state index in [1.54, 1.807) is 0 Å². The fourth-order valence-corrected chi connectivity index (χ4v) is 1.08. The van der Waals surface area contributed by atoms with Crippen LogP contribution in [-0.4, -0.2) is 11.9 Å². The molecule has 1 aromatic rings. The van der Waals surface area contributed by atoms with Gasteiger partial charge in [-0.1, -0.05) is 6.92 Å². The van der Waals surface area contributed by atoms with Gasteiger partial charge in [0.2, 0.25) is 0 Å². The minimum absolute atomic E-state index is 0.0260. The minimum Gasteiger partial charge on any atom is -0.350 e. The molecule has 1 aromatic carbocycles. The van der Waals surface area contributed by atoms with Crippen LogP contribution in [0.15, 0.2) is 18.2 Å². The molecule has 0 spiro atoms. The molecule has 2 nitrogen and oxygen atoms in total. The van der Waals surface area contributed by atoms with Gasteiger partial charge in [-0.15, -0.1) is 0 Å². The third kappa shape index (κ3) is 3.01. The van der Waals surface area contributed by atoms with Crippen molar-refractivity contribution >= 4 is 5.91 Å². The highest BCUT2D eigenvalue weighted by atomic mass is 19.1. The number of benzene rings is 1. The highest BCUT2D eigenvalue weighted by Crippen LogP contribution is 2.09. The Kier molecular flexibility index (Phi) is 3.77. The van der Waals surface area contributed by atoms with Crippen molar-refractivity contribution in [1.29, 1.82) is 0 Å². The van der Waals surface area contributed by atoms with Crippen molar-refractivity contribution in [3.05, 3.63) is 35.4 Å². The van der Waals surface area contributed by atoms with Crippen LogP contribution in [-0.2, 0) is 0 Å². The van der Waals surface area contributed by atoms with Crippen LogP contribution >= 0.6 is 0 Å². The van der Waals surface area contributed by atoms with E-state index < -0.39 is 17.5 Å². The normalized spacial score (nSPS) is 12.3. The summed E-state index contributed by atoms with van der Waals surface area (Å²) in [5, 5.41) is 2.60. The predicted octanol–water partition coefficient (Wildman–Crippen LogP) is 2.49. The molecule has 0 bridgehead atoms. The van der Waals surface area contributed by atoms with Gasteiger partial charge in [0.15, 0.2) is 0 Å². The van der Waals surface area contributed by atoms with Crippen molar-refractivity contribution in [2.24, 2.45) is 0 Å². The third-order valence-electron chi connectivity index (χ3n) is 2.17. The van der Waals surface area contributed by atoms with Gasteiger partial charge in [0.1, 0.15) is 11.6 Å². The number of amides is 1. The van der Waals surface area contributed by atoms with E-state index in [-0.39, 0.29) is 11.6 Å². The molecular formula is C11H13F2NO. The van der Waals surface area contributed by atoms with E-state index in [1.807, 2.05) is 13.8 Å². The molecule has 0 radical (unpaired) electrons. The van der Waals surface area contributed by atoms with Crippen LogP contribution < -0.4 is 5.32 Å². The number of rotatable bonds is 3. The number of halogens is 2. The van der Waals surface area contributed by atoms with Crippen molar-refractivity contribution < 1.29 is 13.6 Å². The summed E-state index contributed by atoms with van der Waals surface area (Å²) in [6.45, 7) is 3.73. The SMILES string of the molecule is CC[C@H](C)NC(=O)c1ccc(F)cc1F. The topological polar surface area (TPSA) is 29.1 Å². The van der Waals surface area contributed by atoms with Gasteiger partial charge in [-0.3, -0.25) is 4.79 Å². The summed E-state index contributed by atoms with van der Waals surface area (Å²) in [5.41, 5.74) is -0.128. The molecule has 0 aliphatic carbocycles. The first-order valence-electron chi connectivity index (χ1n) is 4.80. The molecule has 0 fully saturated rings. The maximum absolute atomic E-state index is 13.2. The molecule has 0 saturated carbocycles. The van der Waals surface area contributed by atoms with Crippen LogP contribution in [0.2, 0.25) is 0 Å². The van der Waals surface area contributed by atoms with Crippen LogP contribution in [0.1, 0.15) is 30.6 Å². The highest BCUT2D eigenvalue weighted by molar-refractivity contribution is 5.94. The molecular weight excluding hydrogens is 200 g/mol. The molecule has 0 aliphatic rings. The zero-order valence-electron chi connectivity index (χ0n) is 8.68. The number of hydrogen-bond donors (Lipinski definition) is 1. The molecule has 82 valence electrons. The Morgan fingerprint density at radius 2 is 2.13 bits per heavy atom. The highest BCUT2D eigenvalue weighted by Gasteiger charge is 2.13. The molecule has 1 atom stereocenters. The van der Waals surface area contributed by atoms with Crippen molar-refractivity contribution in [2.45, 2.75) is 26.3 Å². The molecule has 0 heterocycles. The molecule has 0 unspecified atom stereocenters. The van der Waals surface area contributed by atoms with Gasteiger partial charge >= 0.3 is 0 Å². The Labute approximate surface area is 87.3 Å². The summed E-state index contributed by atoms with van der Waals surface area (Å²) < 4.78 is 25.7. The van der Waals surface area contributed by atoms with Gasteiger partial charge in [-0.05, 0) is 25.5 Å². The smallest absolute Gasteiger partial charge is 0.254 e. The van der Waals surface area contributed by atoms with E-state index in [4.69, 9.17) is 0 Å². The van der Waals surface area contributed by atoms with E-state index in [1.165, 1.54) is 0 Å². The predicted molar refractivity (Wildman–Crippen MR) is 53.6 cm³/mol. The van der Waals surface area contributed by atoms with Crippen molar-refractivity contribution in [1.82, 2.24) is 5.32 Å². The standard InChI is InChI=1S/C11H13F2NO/c1-3-7(2)14-11(15)9-5-4-8(12)6-10(9)13/h4-7H,3H2,1-2H3,(H,14,15)/t7-/m0/s1. The lowest BCUT2D eigenvalue weighted by molar-refractivity contribution is 0.0935. The van der Waals surface area contributed by atoms with Gasteiger partial charge in [-0.25, -0.2) is 8.78 Å². The van der Waals surface area contributed by atoms with Gasteiger partial charge in [0.05, 0.1) is 5.56 Å². The van der Waals surface area contributed by atoms with Gasteiger partial charge < -0.3 is 5.32 Å². The van der Waals surface area contributed by atoms with Crippen molar-refractivity contribution in [2.75, 3.05) is 0 Å². The third-order valence-corrected chi connectivity index (χ3v) is 2.17. The van der Waals surface area contributed by atoms with Crippen molar-refractivity contribution in [3.63, 3.8) is 0 Å². The largest absolute Gasteiger partial charge is 0.350 e. The first kappa shape index (κ1) is 11.6. The first-order valence-corrected chi connectivity index (χ1v) is 4.80. The van der Waals surface area contributed by atoms with E-state index in [9.17, 15) is 13.6 Å². The van der Waals surface area contributed by atoms with E-state index in [2.05, 4.69) is 5.32 Å². The summed E-state index contributed by atoms with van der Waals surface area (Å²) in [7, 11) is 0. The molecule has 0 aliphatic heterocycles. The first-order chi connectivity index (χ1) is 7.04. The second kappa shape index (κ2) is 4.87. The van der Waals surface area contributed by atoms with Crippen molar-refractivity contribution in [3.8, 4) is 0 Å². The van der Waals surface area contributed by atoms with E-state index >= 15 is 0 Å². The Morgan fingerprint density at radius 3 is 2.67 bits per heavy atom. The Bertz CT molecular complexity index is 366. The lowest BCUT2D eigenvalue weighted by Gasteiger charge is -2.11. The summed E-state index contributed by atoms with van der Waals surface area (Å²) in [4.78, 5) is 11.5. The maximum Gasteiger partial charge on any atom is 0.254 e. The van der Waals surface area contributed by atoms with Gasteiger partial charge in [0, 0.05) is 12.1 Å². The lowest BCUT2D eigenvalue weighted by Crippen LogP contribution is -2.32. The lowest BCUT2D eigenvalue weighted by atomic mass is 10.1. The minimum atomic E-state index is -0.837. The monoisotopic (exact) mass is 213 g/mol. The van der Waals surface area contributed by atoms with Crippen LogP contribution in [0.25, 0.3) is 0 Å². The summed E-state index contributed by atoms with van der Waals surface area (Å²) in [5.74, 6) is -2.04. The molecule has 0 aromatic heterocycles. The molecule has 4 heteroatoms. The maximum atomic E-state index is 13.2. The molecule has 1 N–H and O–H groups in total. The number of nitrogens with one attached hydrogen (secondary N) is 1. The summed E-state index contributed by atoms with van der Waals surface area (Å²) in [6, 6.07) is 2.88. The van der Waals surface area contributed by atoms with Crippen LogP contribution in [0.3, 0.4) is 0 Å². The quantitative estimate of drug-likeness (QED) is 0.821. The fraction of sp³-hybridized carbons (Fsp3) is 0.364. The van der Waals surface area contributed by atoms with E-state index in [0.29, 0.717) is 6.07 Å². The zero-order valence-corrected chi connectivity index (χ0v) is 8.68. The summed E-state index contributed by atoms with van der Waals surface area (Å²) in [6.07, 6.45) is 0.758. The van der Waals surface area contributed by atoms with E-state index in [0.717, 1.165) is 18.6 Å².